The average molecular weight is 465 g/mol. The van der Waals surface area contributed by atoms with Crippen molar-refractivity contribution in [3.8, 4) is 16.5 Å². The molecule has 8 nitrogen and oxygen atoms in total. The summed E-state index contributed by atoms with van der Waals surface area (Å²) >= 11 is 1.50. The third kappa shape index (κ3) is 4.68. The van der Waals surface area contributed by atoms with E-state index in [1.165, 1.54) is 11.3 Å². The van der Waals surface area contributed by atoms with Gasteiger partial charge in [-0.2, -0.15) is 4.98 Å². The normalized spacial score (nSPS) is 16.0. The van der Waals surface area contributed by atoms with E-state index in [2.05, 4.69) is 45.8 Å². The predicted molar refractivity (Wildman–Crippen MR) is 129 cm³/mol. The molecule has 0 amide bonds. The van der Waals surface area contributed by atoms with Gasteiger partial charge in [0.15, 0.2) is 5.82 Å². The van der Waals surface area contributed by atoms with Gasteiger partial charge in [-0.1, -0.05) is 30.3 Å². The summed E-state index contributed by atoms with van der Waals surface area (Å²) in [6.45, 7) is 10.0. The van der Waals surface area contributed by atoms with Crippen molar-refractivity contribution in [2.45, 2.75) is 52.6 Å². The molecular weight excluding hydrogens is 436 g/mol. The van der Waals surface area contributed by atoms with Crippen molar-refractivity contribution < 1.29 is 9.26 Å². The zero-order valence-corrected chi connectivity index (χ0v) is 20.2. The van der Waals surface area contributed by atoms with Gasteiger partial charge in [-0.05, 0) is 56.9 Å². The van der Waals surface area contributed by atoms with Crippen molar-refractivity contribution in [3.63, 3.8) is 0 Å². The van der Waals surface area contributed by atoms with Crippen LogP contribution in [0, 0.1) is 12.8 Å². The highest BCUT2D eigenvalue weighted by atomic mass is 32.1. The van der Waals surface area contributed by atoms with E-state index in [1.54, 1.807) is 0 Å². The lowest BCUT2D eigenvalue weighted by atomic mass is 9.92. The first-order chi connectivity index (χ1) is 16.0. The van der Waals surface area contributed by atoms with Gasteiger partial charge in [0, 0.05) is 36.5 Å². The molecule has 4 aromatic heterocycles. The largest absolute Gasteiger partial charge is 0.467 e. The highest BCUT2D eigenvalue weighted by molar-refractivity contribution is 7.19. The van der Waals surface area contributed by atoms with Crippen molar-refractivity contribution in [1.82, 2.24) is 25.1 Å². The Morgan fingerprint density at radius 1 is 1.09 bits per heavy atom. The summed E-state index contributed by atoms with van der Waals surface area (Å²) in [5, 5.41) is 4.76. The lowest BCUT2D eigenvalue weighted by Crippen LogP contribution is -2.38. The quantitative estimate of drug-likeness (QED) is 0.382. The Morgan fingerprint density at radius 2 is 1.91 bits per heavy atom. The number of ether oxygens (including phenoxy) is 1. The molecule has 0 radical (unpaired) electrons. The number of piperidine rings is 1. The number of nitrogens with zero attached hydrogens (tertiary/aromatic N) is 6. The standard InChI is InChI=1S/C24H28N6O2S/c1-14(2)21-28-23(32-29-21)30-11-8-17(9-12-30)16(4)31-24-27-20-6-5-19(26-22(20)33-24)18-7-10-25-15(3)13-18/h5-7,10,13-14,16-17H,8-9,11-12H2,1-4H3. The van der Waals surface area contributed by atoms with Crippen LogP contribution in [0.5, 0.6) is 5.19 Å². The van der Waals surface area contributed by atoms with Crippen LogP contribution < -0.4 is 9.64 Å². The molecule has 1 fully saturated rings. The molecule has 0 bridgehead atoms. The minimum atomic E-state index is 0.0731. The summed E-state index contributed by atoms with van der Waals surface area (Å²) in [6.07, 6.45) is 3.90. The summed E-state index contributed by atoms with van der Waals surface area (Å²) in [5.41, 5.74) is 3.82. The molecule has 5 rings (SSSR count). The minimum Gasteiger partial charge on any atom is -0.467 e. The third-order valence-electron chi connectivity index (χ3n) is 6.14. The second-order valence-corrected chi connectivity index (χ2v) is 9.86. The van der Waals surface area contributed by atoms with Gasteiger partial charge in [0.1, 0.15) is 16.5 Å². The number of thiazole rings is 1. The van der Waals surface area contributed by atoms with Gasteiger partial charge in [0.2, 0.25) is 0 Å². The Bertz CT molecular complexity index is 1240. The molecule has 1 atom stereocenters. The summed E-state index contributed by atoms with van der Waals surface area (Å²) < 4.78 is 11.7. The number of hydrogen-bond donors (Lipinski definition) is 0. The fourth-order valence-electron chi connectivity index (χ4n) is 4.12. The first-order valence-electron chi connectivity index (χ1n) is 11.4. The van der Waals surface area contributed by atoms with Gasteiger partial charge < -0.3 is 14.2 Å². The molecule has 1 aliphatic heterocycles. The van der Waals surface area contributed by atoms with Crippen LogP contribution in [0.1, 0.15) is 51.0 Å². The smallest absolute Gasteiger partial charge is 0.324 e. The van der Waals surface area contributed by atoms with Crippen LogP contribution in [0.15, 0.2) is 35.0 Å². The Hall–Kier alpha value is -3.07. The number of fused-ring (bicyclic) bond motifs is 1. The van der Waals surface area contributed by atoms with Gasteiger partial charge in [-0.25, -0.2) is 9.97 Å². The van der Waals surface area contributed by atoms with Gasteiger partial charge in [-0.15, -0.1) is 0 Å². The summed E-state index contributed by atoms with van der Waals surface area (Å²) in [4.78, 5) is 21.3. The van der Waals surface area contributed by atoms with E-state index in [0.29, 0.717) is 17.1 Å². The molecular formula is C24H28N6O2S. The van der Waals surface area contributed by atoms with Crippen molar-refractivity contribution in [1.29, 1.82) is 0 Å². The van der Waals surface area contributed by atoms with E-state index in [4.69, 9.17) is 14.2 Å². The number of aryl methyl sites for hydroxylation is 1. The maximum atomic E-state index is 6.27. The van der Waals surface area contributed by atoms with E-state index >= 15 is 0 Å². The predicted octanol–water partition coefficient (Wildman–Crippen LogP) is 5.25. The molecule has 4 aromatic rings. The number of hydrogen-bond acceptors (Lipinski definition) is 9. The minimum absolute atomic E-state index is 0.0731. The average Bonchev–Trinajstić information content (AvgIpc) is 3.46. The Balaban J connectivity index is 1.22. The molecule has 0 saturated carbocycles. The molecule has 0 N–H and O–H groups in total. The van der Waals surface area contributed by atoms with Gasteiger partial charge in [0.25, 0.3) is 5.19 Å². The molecule has 0 aromatic carbocycles. The monoisotopic (exact) mass is 464 g/mol. The Morgan fingerprint density at radius 3 is 2.64 bits per heavy atom. The maximum absolute atomic E-state index is 6.27. The molecule has 33 heavy (non-hydrogen) atoms. The summed E-state index contributed by atoms with van der Waals surface area (Å²) in [6, 6.07) is 8.66. The third-order valence-corrected chi connectivity index (χ3v) is 6.99. The van der Waals surface area contributed by atoms with E-state index in [0.717, 1.165) is 59.1 Å². The van der Waals surface area contributed by atoms with E-state index in [9.17, 15) is 0 Å². The summed E-state index contributed by atoms with van der Waals surface area (Å²) in [7, 11) is 0. The fourth-order valence-corrected chi connectivity index (χ4v) is 4.99. The molecule has 172 valence electrons. The Labute approximate surface area is 197 Å². The van der Waals surface area contributed by atoms with Crippen LogP contribution in [0.3, 0.4) is 0 Å². The Kier molecular flexibility index (Phi) is 5.97. The molecule has 0 aliphatic carbocycles. The lowest BCUT2D eigenvalue weighted by molar-refractivity contribution is 0.131. The van der Waals surface area contributed by atoms with Crippen LogP contribution in [0.25, 0.3) is 21.6 Å². The zero-order chi connectivity index (χ0) is 22.9. The van der Waals surface area contributed by atoms with Gasteiger partial charge in [0.05, 0.1) is 5.69 Å². The van der Waals surface area contributed by atoms with Crippen LogP contribution >= 0.6 is 11.3 Å². The van der Waals surface area contributed by atoms with Crippen molar-refractivity contribution in [2.75, 3.05) is 18.0 Å². The number of aromatic nitrogens is 5. The first kappa shape index (κ1) is 21.8. The summed E-state index contributed by atoms with van der Waals surface area (Å²) in [5.74, 6) is 1.47. The van der Waals surface area contributed by atoms with Crippen LogP contribution in [0.2, 0.25) is 0 Å². The highest BCUT2D eigenvalue weighted by Crippen LogP contribution is 2.32. The van der Waals surface area contributed by atoms with Crippen LogP contribution in [0.4, 0.5) is 6.01 Å². The SMILES string of the molecule is Cc1cc(-c2ccc3nc(OC(C)C4CCN(c5nc(C(C)C)no5)CC4)sc3n2)ccn1. The van der Waals surface area contributed by atoms with E-state index in [-0.39, 0.29) is 12.0 Å². The molecule has 9 heteroatoms. The topological polar surface area (TPSA) is 90.1 Å². The van der Waals surface area contributed by atoms with E-state index < -0.39 is 0 Å². The van der Waals surface area contributed by atoms with E-state index in [1.807, 2.05) is 37.4 Å². The first-order valence-corrected chi connectivity index (χ1v) is 12.2. The molecule has 5 heterocycles. The van der Waals surface area contributed by atoms with Crippen molar-refractivity contribution in [3.05, 3.63) is 42.0 Å². The van der Waals surface area contributed by atoms with Gasteiger partial charge >= 0.3 is 6.01 Å². The molecule has 1 unspecified atom stereocenters. The zero-order valence-electron chi connectivity index (χ0n) is 19.4. The second kappa shape index (κ2) is 9.05. The number of anilines is 1. The van der Waals surface area contributed by atoms with Crippen molar-refractivity contribution in [2.24, 2.45) is 5.92 Å². The van der Waals surface area contributed by atoms with Crippen molar-refractivity contribution >= 4 is 27.7 Å². The number of pyridine rings is 2. The highest BCUT2D eigenvalue weighted by Gasteiger charge is 2.28. The fraction of sp³-hybridized carbons (Fsp3) is 0.458. The maximum Gasteiger partial charge on any atom is 0.324 e. The van der Waals surface area contributed by atoms with Crippen LogP contribution in [-0.2, 0) is 0 Å². The van der Waals surface area contributed by atoms with Crippen LogP contribution in [-0.4, -0.2) is 44.3 Å². The van der Waals surface area contributed by atoms with Gasteiger partial charge in [-0.3, -0.25) is 4.98 Å². The number of rotatable bonds is 6. The second-order valence-electron chi connectivity index (χ2n) is 8.92. The lowest BCUT2D eigenvalue weighted by Gasteiger charge is -2.33. The molecule has 0 spiro atoms. The molecule has 1 saturated heterocycles. The molecule has 1 aliphatic rings.